The first-order valence-electron chi connectivity index (χ1n) is 6.36. The maximum Gasteiger partial charge on any atom is 0.323 e. The maximum atomic E-state index is 12.6. The number of hydrogen-bond acceptors (Lipinski definition) is 3. The minimum Gasteiger partial charge on any atom is -0.480 e. The lowest BCUT2D eigenvalue weighted by Crippen LogP contribution is -2.40. The number of carbonyl (C=O) groups excluding carboxylic acids is 1. The number of carbonyl (C=O) groups is 2. The Morgan fingerprint density at radius 2 is 2.10 bits per heavy atom. The Morgan fingerprint density at radius 1 is 1.40 bits per heavy atom. The second-order valence-corrected chi connectivity index (χ2v) is 5.07. The second-order valence-electron chi connectivity index (χ2n) is 5.07. The van der Waals surface area contributed by atoms with Crippen LogP contribution in [0.2, 0.25) is 0 Å². The number of aromatic nitrogens is 2. The number of aliphatic carboxylic acids is 1. The van der Waals surface area contributed by atoms with Crippen LogP contribution < -0.4 is 0 Å². The van der Waals surface area contributed by atoms with Crippen molar-refractivity contribution in [3.05, 3.63) is 29.5 Å². The van der Waals surface area contributed by atoms with Crippen LogP contribution in [0.3, 0.4) is 0 Å². The van der Waals surface area contributed by atoms with Crippen LogP contribution >= 0.6 is 0 Å². The Morgan fingerprint density at radius 3 is 2.70 bits per heavy atom. The zero-order valence-corrected chi connectivity index (χ0v) is 11.7. The fraction of sp³-hybridized carbons (Fsp3) is 0.357. The summed E-state index contributed by atoms with van der Waals surface area (Å²) in [4.78, 5) is 24.8. The molecule has 1 heterocycles. The molecule has 20 heavy (non-hydrogen) atoms. The van der Waals surface area contributed by atoms with E-state index in [4.69, 9.17) is 5.11 Å². The molecule has 1 aromatic heterocycles. The quantitative estimate of drug-likeness (QED) is 0.891. The maximum absolute atomic E-state index is 12.6. The number of carboxylic acid groups (broad SMARTS) is 1. The summed E-state index contributed by atoms with van der Waals surface area (Å²) < 4.78 is 0. The van der Waals surface area contributed by atoms with Gasteiger partial charge in [0.15, 0.2) is 0 Å². The number of benzene rings is 1. The number of amides is 1. The first-order valence-corrected chi connectivity index (χ1v) is 6.36. The van der Waals surface area contributed by atoms with E-state index in [0.29, 0.717) is 11.1 Å². The smallest absolute Gasteiger partial charge is 0.323 e. The van der Waals surface area contributed by atoms with Gasteiger partial charge in [-0.15, -0.1) is 0 Å². The number of rotatable bonds is 4. The lowest BCUT2D eigenvalue weighted by atomic mass is 10.1. The van der Waals surface area contributed by atoms with Gasteiger partial charge in [-0.25, -0.2) is 0 Å². The van der Waals surface area contributed by atoms with Crippen molar-refractivity contribution < 1.29 is 14.7 Å². The zero-order chi connectivity index (χ0) is 14.9. The Bertz CT molecular complexity index is 661. The van der Waals surface area contributed by atoms with Gasteiger partial charge in [-0.1, -0.05) is 0 Å². The number of aryl methyl sites for hydroxylation is 1. The third-order valence-electron chi connectivity index (χ3n) is 3.11. The lowest BCUT2D eigenvalue weighted by molar-refractivity contribution is -0.138. The van der Waals surface area contributed by atoms with Crippen molar-refractivity contribution in [3.63, 3.8) is 0 Å². The Balaban J connectivity index is 2.48. The van der Waals surface area contributed by atoms with Crippen LogP contribution in [0.15, 0.2) is 18.3 Å². The zero-order valence-electron chi connectivity index (χ0n) is 11.7. The van der Waals surface area contributed by atoms with Crippen LogP contribution in [0.4, 0.5) is 0 Å². The predicted octanol–water partition coefficient (Wildman–Crippen LogP) is 1.81. The van der Waals surface area contributed by atoms with Crippen molar-refractivity contribution in [2.45, 2.75) is 26.8 Å². The van der Waals surface area contributed by atoms with Crippen molar-refractivity contribution in [1.29, 1.82) is 0 Å². The number of fused-ring (bicyclic) bond motifs is 1. The van der Waals surface area contributed by atoms with Gasteiger partial charge in [-0.05, 0) is 38.5 Å². The molecular formula is C14H17N3O3. The van der Waals surface area contributed by atoms with Gasteiger partial charge in [0.25, 0.3) is 5.91 Å². The van der Waals surface area contributed by atoms with E-state index in [1.807, 2.05) is 13.0 Å². The highest BCUT2D eigenvalue weighted by Crippen LogP contribution is 2.21. The van der Waals surface area contributed by atoms with Gasteiger partial charge in [-0.3, -0.25) is 14.7 Å². The van der Waals surface area contributed by atoms with Crippen molar-refractivity contribution in [2.75, 3.05) is 6.54 Å². The van der Waals surface area contributed by atoms with Gasteiger partial charge in [-0.2, -0.15) is 5.10 Å². The number of nitrogens with one attached hydrogen (secondary N) is 1. The highest BCUT2D eigenvalue weighted by atomic mass is 16.4. The molecule has 0 saturated heterocycles. The van der Waals surface area contributed by atoms with Crippen LogP contribution in [-0.4, -0.2) is 44.7 Å². The molecule has 1 amide bonds. The number of carboxylic acids is 1. The van der Waals surface area contributed by atoms with Crippen molar-refractivity contribution >= 4 is 22.8 Å². The molecule has 2 rings (SSSR count). The minimum atomic E-state index is -1.03. The molecule has 6 heteroatoms. The van der Waals surface area contributed by atoms with E-state index in [9.17, 15) is 9.59 Å². The largest absolute Gasteiger partial charge is 0.480 e. The van der Waals surface area contributed by atoms with E-state index in [1.165, 1.54) is 4.90 Å². The van der Waals surface area contributed by atoms with Crippen LogP contribution in [-0.2, 0) is 4.79 Å². The van der Waals surface area contributed by atoms with Crippen molar-refractivity contribution in [2.24, 2.45) is 0 Å². The van der Waals surface area contributed by atoms with Crippen molar-refractivity contribution in [1.82, 2.24) is 15.1 Å². The summed E-state index contributed by atoms with van der Waals surface area (Å²) in [5.74, 6) is -1.33. The van der Waals surface area contributed by atoms with Gasteiger partial charge < -0.3 is 10.0 Å². The summed E-state index contributed by atoms with van der Waals surface area (Å²) in [6.45, 7) is 5.15. The number of H-pyrrole nitrogens is 1. The predicted molar refractivity (Wildman–Crippen MR) is 74.6 cm³/mol. The lowest BCUT2D eigenvalue weighted by Gasteiger charge is -2.25. The molecule has 0 unspecified atom stereocenters. The number of nitrogens with zero attached hydrogens (tertiary/aromatic N) is 2. The Labute approximate surface area is 116 Å². The molecule has 0 aliphatic rings. The molecule has 2 aromatic rings. The first kappa shape index (κ1) is 14.0. The summed E-state index contributed by atoms with van der Waals surface area (Å²) in [6, 6.07) is 3.48. The minimum absolute atomic E-state index is 0.197. The monoisotopic (exact) mass is 275 g/mol. The molecule has 0 atom stereocenters. The van der Waals surface area contributed by atoms with Crippen LogP contribution in [0.5, 0.6) is 0 Å². The summed E-state index contributed by atoms with van der Waals surface area (Å²) in [5, 5.41) is 16.5. The van der Waals surface area contributed by atoms with Crippen molar-refractivity contribution in [3.8, 4) is 0 Å². The molecule has 0 saturated carbocycles. The summed E-state index contributed by atoms with van der Waals surface area (Å²) in [7, 11) is 0. The van der Waals surface area contributed by atoms with E-state index in [2.05, 4.69) is 10.2 Å². The SMILES string of the molecule is Cc1cc(C(=O)N(CC(=O)O)C(C)C)c2[nH]ncc2c1. The highest BCUT2D eigenvalue weighted by molar-refractivity contribution is 6.06. The van der Waals surface area contributed by atoms with Gasteiger partial charge in [0.1, 0.15) is 6.54 Å². The molecular weight excluding hydrogens is 258 g/mol. The van der Waals surface area contributed by atoms with E-state index in [0.717, 1.165) is 10.9 Å². The molecule has 0 spiro atoms. The molecule has 2 N–H and O–H groups in total. The summed E-state index contributed by atoms with van der Waals surface area (Å²) >= 11 is 0. The average molecular weight is 275 g/mol. The van der Waals surface area contributed by atoms with Crippen LogP contribution in [0.25, 0.3) is 10.9 Å². The standard InChI is InChI=1S/C14H17N3O3/c1-8(2)17(7-12(18)19)14(20)11-5-9(3)4-10-6-15-16-13(10)11/h4-6,8H,7H2,1-3H3,(H,15,16)(H,18,19). The normalized spacial score (nSPS) is 11.0. The fourth-order valence-electron chi connectivity index (χ4n) is 2.17. The second kappa shape index (κ2) is 5.32. The van der Waals surface area contributed by atoms with Gasteiger partial charge >= 0.3 is 5.97 Å². The number of aromatic amines is 1. The Kier molecular flexibility index (Phi) is 3.74. The van der Waals surface area contributed by atoms with E-state index in [1.54, 1.807) is 26.1 Å². The van der Waals surface area contributed by atoms with Gasteiger partial charge in [0.05, 0.1) is 17.3 Å². The molecule has 1 aromatic carbocycles. The number of hydrogen-bond donors (Lipinski definition) is 2. The van der Waals surface area contributed by atoms with E-state index in [-0.39, 0.29) is 18.5 Å². The highest BCUT2D eigenvalue weighted by Gasteiger charge is 2.23. The molecule has 0 bridgehead atoms. The van der Waals surface area contributed by atoms with Crippen LogP contribution in [0.1, 0.15) is 29.8 Å². The third kappa shape index (κ3) is 2.64. The van der Waals surface area contributed by atoms with E-state index < -0.39 is 5.97 Å². The van der Waals surface area contributed by atoms with Gasteiger partial charge in [0, 0.05) is 11.4 Å². The topological polar surface area (TPSA) is 86.3 Å². The first-order chi connectivity index (χ1) is 9.40. The van der Waals surface area contributed by atoms with Gasteiger partial charge in [0.2, 0.25) is 0 Å². The van der Waals surface area contributed by atoms with Crippen LogP contribution in [0, 0.1) is 6.92 Å². The average Bonchev–Trinajstić information content (AvgIpc) is 2.81. The fourth-order valence-corrected chi connectivity index (χ4v) is 2.17. The Hall–Kier alpha value is -2.37. The summed E-state index contributed by atoms with van der Waals surface area (Å²) in [6.07, 6.45) is 1.65. The molecule has 0 radical (unpaired) electrons. The molecule has 6 nitrogen and oxygen atoms in total. The molecule has 0 aliphatic heterocycles. The molecule has 0 aliphatic carbocycles. The van der Waals surface area contributed by atoms with E-state index >= 15 is 0 Å². The molecule has 106 valence electrons. The summed E-state index contributed by atoms with van der Waals surface area (Å²) in [5.41, 5.74) is 2.02. The third-order valence-corrected chi connectivity index (χ3v) is 3.11. The molecule has 0 fully saturated rings.